The van der Waals surface area contributed by atoms with E-state index in [0.29, 0.717) is 17.9 Å². The van der Waals surface area contributed by atoms with E-state index in [9.17, 15) is 13.2 Å². The van der Waals surface area contributed by atoms with Crippen LogP contribution >= 0.6 is 0 Å². The van der Waals surface area contributed by atoms with Crippen molar-refractivity contribution in [3.63, 3.8) is 0 Å². The maximum absolute atomic E-state index is 12.0. The largest absolute Gasteiger partial charge is 0.497 e. The van der Waals surface area contributed by atoms with Crippen LogP contribution in [-0.4, -0.2) is 40.7 Å². The molecule has 0 aliphatic rings. The van der Waals surface area contributed by atoms with Crippen molar-refractivity contribution in [2.75, 3.05) is 34.5 Å². The van der Waals surface area contributed by atoms with Crippen LogP contribution in [0.1, 0.15) is 18.0 Å². The molecule has 0 aromatic heterocycles. The second-order valence-electron chi connectivity index (χ2n) is 4.41. The first-order chi connectivity index (χ1) is 9.91. The highest BCUT2D eigenvalue weighted by Crippen LogP contribution is 2.31. The standard InChI is InChI=1S/C14H20F3NO3/c1-18-12(6-7-21-9-14(15,16)17)11-8-10(19-2)4-5-13(11)20-3/h4-5,8,12,18H,6-7,9H2,1-3H3. The molecule has 1 N–H and O–H groups in total. The third kappa shape index (κ3) is 5.81. The third-order valence-corrected chi connectivity index (χ3v) is 2.98. The molecule has 0 fully saturated rings. The SMILES string of the molecule is CNC(CCOCC(F)(F)F)c1cc(OC)ccc1OC. The molecule has 1 aromatic carbocycles. The van der Waals surface area contributed by atoms with Crippen LogP contribution in [0.25, 0.3) is 0 Å². The molecular weight excluding hydrogens is 287 g/mol. The highest BCUT2D eigenvalue weighted by atomic mass is 19.4. The lowest BCUT2D eigenvalue weighted by Crippen LogP contribution is -2.22. The fourth-order valence-corrected chi connectivity index (χ4v) is 1.96. The Morgan fingerprint density at radius 2 is 1.90 bits per heavy atom. The zero-order chi connectivity index (χ0) is 15.9. The van der Waals surface area contributed by atoms with E-state index in [1.54, 1.807) is 32.4 Å². The van der Waals surface area contributed by atoms with Crippen LogP contribution < -0.4 is 14.8 Å². The number of alkyl halides is 3. The first-order valence-electron chi connectivity index (χ1n) is 6.45. The minimum absolute atomic E-state index is 0.00855. The van der Waals surface area contributed by atoms with Crippen molar-refractivity contribution in [3.05, 3.63) is 23.8 Å². The van der Waals surface area contributed by atoms with Gasteiger partial charge in [-0.15, -0.1) is 0 Å². The van der Waals surface area contributed by atoms with Gasteiger partial charge in [-0.05, 0) is 31.7 Å². The van der Waals surface area contributed by atoms with Crippen molar-refractivity contribution in [2.24, 2.45) is 0 Å². The van der Waals surface area contributed by atoms with Gasteiger partial charge in [-0.2, -0.15) is 13.2 Å². The fraction of sp³-hybridized carbons (Fsp3) is 0.571. The second-order valence-corrected chi connectivity index (χ2v) is 4.41. The molecule has 1 unspecified atom stereocenters. The summed E-state index contributed by atoms with van der Waals surface area (Å²) in [6.45, 7) is -1.25. The number of nitrogens with one attached hydrogen (secondary N) is 1. The summed E-state index contributed by atoms with van der Waals surface area (Å²) in [7, 11) is 4.82. The molecule has 4 nitrogen and oxygen atoms in total. The van der Waals surface area contributed by atoms with E-state index in [-0.39, 0.29) is 12.6 Å². The fourth-order valence-electron chi connectivity index (χ4n) is 1.96. The van der Waals surface area contributed by atoms with Crippen molar-refractivity contribution in [1.29, 1.82) is 0 Å². The number of methoxy groups -OCH3 is 2. The maximum atomic E-state index is 12.0. The summed E-state index contributed by atoms with van der Waals surface area (Å²) >= 11 is 0. The molecule has 0 bridgehead atoms. The summed E-state index contributed by atoms with van der Waals surface area (Å²) in [4.78, 5) is 0. The van der Waals surface area contributed by atoms with Crippen LogP contribution in [0.15, 0.2) is 18.2 Å². The molecule has 0 saturated heterocycles. The van der Waals surface area contributed by atoms with Crippen molar-refractivity contribution in [3.8, 4) is 11.5 Å². The van der Waals surface area contributed by atoms with Gasteiger partial charge in [-0.3, -0.25) is 0 Å². The van der Waals surface area contributed by atoms with E-state index < -0.39 is 12.8 Å². The molecule has 0 amide bonds. The van der Waals surface area contributed by atoms with Gasteiger partial charge in [-0.1, -0.05) is 0 Å². The topological polar surface area (TPSA) is 39.7 Å². The van der Waals surface area contributed by atoms with Crippen LogP contribution in [0.2, 0.25) is 0 Å². The van der Waals surface area contributed by atoms with Crippen LogP contribution in [-0.2, 0) is 4.74 Å². The van der Waals surface area contributed by atoms with Crippen LogP contribution in [0, 0.1) is 0 Å². The van der Waals surface area contributed by atoms with Crippen molar-refractivity contribution >= 4 is 0 Å². The van der Waals surface area contributed by atoms with Crippen LogP contribution in [0.5, 0.6) is 11.5 Å². The molecule has 1 atom stereocenters. The normalized spacial score (nSPS) is 13.0. The number of benzene rings is 1. The Morgan fingerprint density at radius 1 is 1.19 bits per heavy atom. The Labute approximate surface area is 122 Å². The summed E-state index contributed by atoms with van der Waals surface area (Å²) < 4.78 is 51.1. The number of hydrogen-bond donors (Lipinski definition) is 1. The third-order valence-electron chi connectivity index (χ3n) is 2.98. The van der Waals surface area contributed by atoms with E-state index in [2.05, 4.69) is 10.1 Å². The Bertz CT molecular complexity index is 438. The minimum atomic E-state index is -4.30. The predicted molar refractivity (Wildman–Crippen MR) is 72.8 cm³/mol. The highest BCUT2D eigenvalue weighted by Gasteiger charge is 2.27. The van der Waals surface area contributed by atoms with E-state index in [4.69, 9.17) is 9.47 Å². The molecule has 1 aromatic rings. The summed E-state index contributed by atoms with van der Waals surface area (Å²) in [5, 5.41) is 3.05. The molecule has 0 aliphatic heterocycles. The van der Waals surface area contributed by atoms with Gasteiger partial charge in [0, 0.05) is 18.2 Å². The van der Waals surface area contributed by atoms with Gasteiger partial charge in [0.05, 0.1) is 14.2 Å². The summed E-state index contributed by atoms with van der Waals surface area (Å²) in [6, 6.07) is 5.12. The van der Waals surface area contributed by atoms with Gasteiger partial charge in [0.25, 0.3) is 0 Å². The maximum Gasteiger partial charge on any atom is 0.411 e. The van der Waals surface area contributed by atoms with Gasteiger partial charge in [-0.25, -0.2) is 0 Å². The lowest BCUT2D eigenvalue weighted by Gasteiger charge is -2.20. The number of halogens is 3. The molecular formula is C14H20F3NO3. The molecule has 21 heavy (non-hydrogen) atoms. The minimum Gasteiger partial charge on any atom is -0.497 e. The van der Waals surface area contributed by atoms with E-state index in [0.717, 1.165) is 5.56 Å². The zero-order valence-corrected chi connectivity index (χ0v) is 12.3. The zero-order valence-electron chi connectivity index (χ0n) is 12.3. The lowest BCUT2D eigenvalue weighted by atomic mass is 10.0. The van der Waals surface area contributed by atoms with Crippen LogP contribution in [0.4, 0.5) is 13.2 Å². The Hall–Kier alpha value is -1.47. The summed E-state index contributed by atoms with van der Waals surface area (Å²) in [5.74, 6) is 1.30. The Balaban J connectivity index is 2.70. The second kappa shape index (κ2) is 8.09. The van der Waals surface area contributed by atoms with Gasteiger partial charge in [0.1, 0.15) is 18.1 Å². The summed E-state index contributed by atoms with van der Waals surface area (Å²) in [6.07, 6.45) is -3.92. The highest BCUT2D eigenvalue weighted by molar-refractivity contribution is 5.42. The predicted octanol–water partition coefficient (Wildman–Crippen LogP) is 2.93. The van der Waals surface area contributed by atoms with E-state index in [1.165, 1.54) is 7.11 Å². The Kier molecular flexibility index (Phi) is 6.77. The van der Waals surface area contributed by atoms with E-state index in [1.807, 2.05) is 0 Å². The van der Waals surface area contributed by atoms with Crippen molar-refractivity contribution in [1.82, 2.24) is 5.32 Å². The van der Waals surface area contributed by atoms with Gasteiger partial charge >= 0.3 is 6.18 Å². The molecule has 0 heterocycles. The average molecular weight is 307 g/mol. The van der Waals surface area contributed by atoms with Crippen molar-refractivity contribution < 1.29 is 27.4 Å². The van der Waals surface area contributed by atoms with Gasteiger partial charge in [0.15, 0.2) is 0 Å². The van der Waals surface area contributed by atoms with Gasteiger partial charge in [0.2, 0.25) is 0 Å². The van der Waals surface area contributed by atoms with Crippen LogP contribution in [0.3, 0.4) is 0 Å². The molecule has 120 valence electrons. The lowest BCUT2D eigenvalue weighted by molar-refractivity contribution is -0.174. The molecule has 0 saturated carbocycles. The van der Waals surface area contributed by atoms with Gasteiger partial charge < -0.3 is 19.5 Å². The first-order valence-corrected chi connectivity index (χ1v) is 6.45. The molecule has 0 radical (unpaired) electrons. The molecule has 0 aliphatic carbocycles. The number of hydrogen-bond acceptors (Lipinski definition) is 4. The summed E-state index contributed by atoms with van der Waals surface area (Å²) in [5.41, 5.74) is 0.815. The number of ether oxygens (including phenoxy) is 3. The quantitative estimate of drug-likeness (QED) is 0.750. The molecule has 7 heteroatoms. The monoisotopic (exact) mass is 307 g/mol. The Morgan fingerprint density at radius 3 is 2.43 bits per heavy atom. The molecule has 0 spiro atoms. The molecule has 1 rings (SSSR count). The number of rotatable bonds is 8. The average Bonchev–Trinajstić information content (AvgIpc) is 2.45. The van der Waals surface area contributed by atoms with E-state index >= 15 is 0 Å². The smallest absolute Gasteiger partial charge is 0.411 e. The van der Waals surface area contributed by atoms with Crippen molar-refractivity contribution in [2.45, 2.75) is 18.6 Å². The first kappa shape index (κ1) is 17.6.